The van der Waals surface area contributed by atoms with Gasteiger partial charge in [-0.1, -0.05) is 35.9 Å². The van der Waals surface area contributed by atoms with E-state index in [0.29, 0.717) is 30.2 Å². The van der Waals surface area contributed by atoms with Gasteiger partial charge in [0.05, 0.1) is 6.04 Å². The first-order valence-corrected chi connectivity index (χ1v) is 10.8. The van der Waals surface area contributed by atoms with Crippen LogP contribution in [0.3, 0.4) is 0 Å². The van der Waals surface area contributed by atoms with Crippen LogP contribution in [0.2, 0.25) is 5.02 Å². The monoisotopic (exact) mass is 446 g/mol. The first kappa shape index (κ1) is 23.2. The number of nitrogens with zero attached hydrogens (tertiary/aromatic N) is 2. The lowest BCUT2D eigenvalue weighted by Crippen LogP contribution is -2.53. The molecule has 2 amide bonds. The van der Waals surface area contributed by atoms with Crippen molar-refractivity contribution in [3.8, 4) is 0 Å². The second kappa shape index (κ2) is 11.2. The Balaban J connectivity index is 1.36. The fraction of sp³-hybridized carbons (Fsp3) is 0.391. The molecular formula is C23H28ClFN4O2. The van der Waals surface area contributed by atoms with E-state index in [1.807, 2.05) is 31.2 Å². The van der Waals surface area contributed by atoms with E-state index in [4.69, 9.17) is 11.6 Å². The van der Waals surface area contributed by atoms with Crippen LogP contribution in [0.15, 0.2) is 48.5 Å². The summed E-state index contributed by atoms with van der Waals surface area (Å²) in [5, 5.41) is 6.32. The average Bonchev–Trinajstić information content (AvgIpc) is 2.77. The number of anilines is 1. The zero-order valence-corrected chi connectivity index (χ0v) is 18.4. The van der Waals surface area contributed by atoms with Crippen molar-refractivity contribution in [3.05, 3.63) is 64.9 Å². The summed E-state index contributed by atoms with van der Waals surface area (Å²) >= 11 is 6.11. The molecule has 0 aromatic heterocycles. The van der Waals surface area contributed by atoms with Crippen molar-refractivity contribution in [2.75, 3.05) is 38.0 Å². The van der Waals surface area contributed by atoms with Crippen LogP contribution in [0.5, 0.6) is 0 Å². The van der Waals surface area contributed by atoms with Gasteiger partial charge in [0.25, 0.3) is 0 Å². The molecule has 0 radical (unpaired) electrons. The van der Waals surface area contributed by atoms with Gasteiger partial charge < -0.3 is 15.5 Å². The molecule has 166 valence electrons. The molecule has 3 rings (SSSR count). The van der Waals surface area contributed by atoms with Crippen LogP contribution in [0.1, 0.15) is 18.9 Å². The molecule has 2 N–H and O–H groups in total. The number of carbonyl (C=O) groups excluding carboxylic acids is 2. The van der Waals surface area contributed by atoms with Crippen molar-refractivity contribution in [2.45, 2.75) is 25.9 Å². The zero-order chi connectivity index (χ0) is 22.2. The van der Waals surface area contributed by atoms with E-state index in [9.17, 15) is 14.0 Å². The lowest BCUT2D eigenvalue weighted by atomic mass is 10.2. The Bertz CT molecular complexity index is 903. The van der Waals surface area contributed by atoms with Crippen LogP contribution in [0.25, 0.3) is 0 Å². The molecule has 1 atom stereocenters. The predicted molar refractivity (Wildman–Crippen MR) is 120 cm³/mol. The Morgan fingerprint density at radius 2 is 1.84 bits per heavy atom. The van der Waals surface area contributed by atoms with Gasteiger partial charge in [-0.2, -0.15) is 0 Å². The van der Waals surface area contributed by atoms with E-state index in [0.717, 1.165) is 31.7 Å². The summed E-state index contributed by atoms with van der Waals surface area (Å²) in [5.41, 5.74) is 1.36. The number of piperazine rings is 1. The summed E-state index contributed by atoms with van der Waals surface area (Å²) in [5.74, 6) is -0.543. The van der Waals surface area contributed by atoms with Gasteiger partial charge in [0, 0.05) is 56.4 Å². The third-order valence-electron chi connectivity index (χ3n) is 5.52. The highest BCUT2D eigenvalue weighted by Crippen LogP contribution is 2.15. The van der Waals surface area contributed by atoms with E-state index in [1.165, 1.54) is 12.1 Å². The van der Waals surface area contributed by atoms with Gasteiger partial charge in [-0.15, -0.1) is 0 Å². The smallest absolute Gasteiger partial charge is 0.241 e. The lowest BCUT2D eigenvalue weighted by molar-refractivity contribution is -0.121. The number of benzene rings is 2. The molecule has 1 fully saturated rings. The van der Waals surface area contributed by atoms with E-state index in [-0.39, 0.29) is 23.7 Å². The molecule has 0 spiro atoms. The van der Waals surface area contributed by atoms with Gasteiger partial charge in [-0.3, -0.25) is 14.5 Å². The highest BCUT2D eigenvalue weighted by atomic mass is 35.5. The largest absolute Gasteiger partial charge is 0.352 e. The standard InChI is InChI=1S/C23H28ClFN4O2/c1-17(23(31)27-20-7-4-6-19(25)15-20)29-13-11-28(12-14-29)10-9-22(30)26-16-18-5-2-3-8-21(18)24/h2-8,15,17H,9-14,16H2,1H3,(H,26,30)(H,27,31). The zero-order valence-electron chi connectivity index (χ0n) is 17.6. The molecule has 1 aliphatic heterocycles. The number of hydrogen-bond donors (Lipinski definition) is 2. The van der Waals surface area contributed by atoms with Crippen molar-refractivity contribution < 1.29 is 14.0 Å². The summed E-state index contributed by atoms with van der Waals surface area (Å²) < 4.78 is 13.3. The number of nitrogens with one attached hydrogen (secondary N) is 2. The highest BCUT2D eigenvalue weighted by molar-refractivity contribution is 6.31. The second-order valence-corrected chi connectivity index (χ2v) is 8.08. The quantitative estimate of drug-likeness (QED) is 0.654. The molecule has 1 unspecified atom stereocenters. The first-order valence-electron chi connectivity index (χ1n) is 10.5. The Hall–Kier alpha value is -2.48. The van der Waals surface area contributed by atoms with Crippen LogP contribution in [0, 0.1) is 5.82 Å². The van der Waals surface area contributed by atoms with Crippen molar-refractivity contribution in [1.82, 2.24) is 15.1 Å². The Kier molecular flexibility index (Phi) is 8.40. The van der Waals surface area contributed by atoms with E-state index < -0.39 is 0 Å². The molecular weight excluding hydrogens is 419 g/mol. The van der Waals surface area contributed by atoms with Crippen molar-refractivity contribution in [1.29, 1.82) is 0 Å². The highest BCUT2D eigenvalue weighted by Gasteiger charge is 2.25. The Morgan fingerprint density at radius 3 is 2.55 bits per heavy atom. The minimum Gasteiger partial charge on any atom is -0.352 e. The van der Waals surface area contributed by atoms with Gasteiger partial charge in [0.15, 0.2) is 0 Å². The molecule has 31 heavy (non-hydrogen) atoms. The molecule has 0 bridgehead atoms. The number of amides is 2. The maximum absolute atomic E-state index is 13.3. The first-order chi connectivity index (χ1) is 14.9. The number of carbonyl (C=O) groups is 2. The maximum Gasteiger partial charge on any atom is 0.241 e. The fourth-order valence-electron chi connectivity index (χ4n) is 3.54. The average molecular weight is 447 g/mol. The van der Waals surface area contributed by atoms with Gasteiger partial charge in [-0.25, -0.2) is 4.39 Å². The topological polar surface area (TPSA) is 64.7 Å². The van der Waals surface area contributed by atoms with Crippen LogP contribution in [0.4, 0.5) is 10.1 Å². The third-order valence-corrected chi connectivity index (χ3v) is 5.88. The molecule has 0 saturated carbocycles. The van der Waals surface area contributed by atoms with Crippen LogP contribution >= 0.6 is 11.6 Å². The molecule has 2 aromatic rings. The Morgan fingerprint density at radius 1 is 1.10 bits per heavy atom. The van der Waals surface area contributed by atoms with Gasteiger partial charge in [0.1, 0.15) is 5.82 Å². The Labute approximate surface area is 187 Å². The van der Waals surface area contributed by atoms with Gasteiger partial charge >= 0.3 is 0 Å². The number of rotatable bonds is 8. The van der Waals surface area contributed by atoms with Gasteiger partial charge in [0.2, 0.25) is 11.8 Å². The summed E-state index contributed by atoms with van der Waals surface area (Å²) in [6.45, 7) is 5.99. The van der Waals surface area contributed by atoms with Crippen molar-refractivity contribution in [2.24, 2.45) is 0 Å². The molecule has 8 heteroatoms. The molecule has 2 aromatic carbocycles. The second-order valence-electron chi connectivity index (χ2n) is 7.67. The number of hydrogen-bond acceptors (Lipinski definition) is 4. The van der Waals surface area contributed by atoms with Crippen LogP contribution < -0.4 is 10.6 Å². The summed E-state index contributed by atoms with van der Waals surface area (Å²) in [6.07, 6.45) is 0.417. The minimum absolute atomic E-state index is 0.00908. The van der Waals surface area contributed by atoms with Crippen LogP contribution in [-0.2, 0) is 16.1 Å². The number of halogens is 2. The molecule has 1 heterocycles. The molecule has 1 saturated heterocycles. The fourth-order valence-corrected chi connectivity index (χ4v) is 3.74. The maximum atomic E-state index is 13.3. The van der Waals surface area contributed by atoms with E-state index in [2.05, 4.69) is 20.4 Å². The molecule has 6 nitrogen and oxygen atoms in total. The minimum atomic E-state index is -0.380. The summed E-state index contributed by atoms with van der Waals surface area (Å²) in [7, 11) is 0. The van der Waals surface area contributed by atoms with Crippen LogP contribution in [-0.4, -0.2) is 60.4 Å². The normalized spacial score (nSPS) is 16.0. The molecule has 0 aliphatic carbocycles. The lowest BCUT2D eigenvalue weighted by Gasteiger charge is -2.37. The van der Waals surface area contributed by atoms with Crippen molar-refractivity contribution in [3.63, 3.8) is 0 Å². The predicted octanol–water partition coefficient (Wildman–Crippen LogP) is 3.13. The van der Waals surface area contributed by atoms with E-state index in [1.54, 1.807) is 12.1 Å². The SMILES string of the molecule is CC(C(=O)Nc1cccc(F)c1)N1CCN(CCC(=O)NCc2ccccc2Cl)CC1. The summed E-state index contributed by atoms with van der Waals surface area (Å²) in [4.78, 5) is 29.0. The summed E-state index contributed by atoms with van der Waals surface area (Å²) in [6, 6.07) is 13.0. The third kappa shape index (κ3) is 7.02. The van der Waals surface area contributed by atoms with Crippen molar-refractivity contribution >= 4 is 29.1 Å². The van der Waals surface area contributed by atoms with E-state index >= 15 is 0 Å². The van der Waals surface area contributed by atoms with Gasteiger partial charge in [-0.05, 0) is 36.8 Å². The molecule has 1 aliphatic rings.